The Morgan fingerprint density at radius 1 is 1.00 bits per heavy atom. The van der Waals surface area contributed by atoms with Gasteiger partial charge >= 0.3 is 0 Å². The lowest BCUT2D eigenvalue weighted by molar-refractivity contribution is -0.129. The second kappa shape index (κ2) is 9.53. The monoisotopic (exact) mass is 473 g/mol. The van der Waals surface area contributed by atoms with Gasteiger partial charge in [-0.25, -0.2) is 9.07 Å². The van der Waals surface area contributed by atoms with Crippen LogP contribution >= 0.6 is 0 Å². The number of halogens is 1. The molecule has 0 saturated carbocycles. The van der Waals surface area contributed by atoms with E-state index in [9.17, 15) is 9.18 Å². The molecule has 5 nitrogen and oxygen atoms in total. The van der Waals surface area contributed by atoms with Crippen molar-refractivity contribution in [2.24, 2.45) is 5.41 Å². The number of carbonyl (C=O) groups is 1. The van der Waals surface area contributed by atoms with Crippen molar-refractivity contribution in [2.75, 3.05) is 0 Å². The Bertz CT molecular complexity index is 1350. The first kappa shape index (κ1) is 24.5. The van der Waals surface area contributed by atoms with E-state index in [0.717, 1.165) is 22.2 Å². The summed E-state index contributed by atoms with van der Waals surface area (Å²) < 4.78 is 21.6. The molecule has 1 N–H and O–H groups in total. The molecule has 35 heavy (non-hydrogen) atoms. The largest absolute Gasteiger partial charge is 0.484 e. The number of nitrogens with one attached hydrogen (secondary N) is 1. The van der Waals surface area contributed by atoms with E-state index in [1.807, 2.05) is 45.9 Å². The summed E-state index contributed by atoms with van der Waals surface area (Å²) in [4.78, 5) is 12.7. The molecule has 4 aromatic rings. The van der Waals surface area contributed by atoms with Crippen molar-refractivity contribution in [1.82, 2.24) is 15.1 Å². The maximum absolute atomic E-state index is 13.3. The number of amides is 1. The Kier molecular flexibility index (Phi) is 6.66. The maximum atomic E-state index is 13.3. The fourth-order valence-electron chi connectivity index (χ4n) is 3.92. The average Bonchev–Trinajstić information content (AvgIpc) is 3.22. The molecule has 0 bridgehead atoms. The fraction of sp³-hybridized carbons (Fsp3) is 0.310. The van der Waals surface area contributed by atoms with Crippen LogP contribution in [0.1, 0.15) is 50.5 Å². The molecule has 0 aliphatic rings. The van der Waals surface area contributed by atoms with Crippen LogP contribution in [-0.4, -0.2) is 21.7 Å². The number of ether oxygens (including phenoxy) is 1. The van der Waals surface area contributed by atoms with Gasteiger partial charge in [0.25, 0.3) is 0 Å². The second-order valence-corrected chi connectivity index (χ2v) is 10.1. The van der Waals surface area contributed by atoms with Crippen molar-refractivity contribution < 1.29 is 13.9 Å². The minimum absolute atomic E-state index is 0.0292. The van der Waals surface area contributed by atoms with Gasteiger partial charge in [0.15, 0.2) is 0 Å². The van der Waals surface area contributed by atoms with Gasteiger partial charge in [0.1, 0.15) is 17.7 Å². The number of nitrogens with zero attached hydrogens (tertiary/aromatic N) is 2. The summed E-state index contributed by atoms with van der Waals surface area (Å²) in [5.41, 5.74) is 4.53. The summed E-state index contributed by atoms with van der Waals surface area (Å²) in [6.07, 6.45) is 1.38. The highest BCUT2D eigenvalue weighted by molar-refractivity contribution is 5.82. The van der Waals surface area contributed by atoms with Crippen molar-refractivity contribution in [2.45, 2.75) is 53.7 Å². The number of hydrogen-bond acceptors (Lipinski definition) is 3. The summed E-state index contributed by atoms with van der Waals surface area (Å²) >= 11 is 0. The topological polar surface area (TPSA) is 56.1 Å². The fourth-order valence-corrected chi connectivity index (χ4v) is 3.92. The van der Waals surface area contributed by atoms with E-state index < -0.39 is 5.41 Å². The molecule has 0 spiro atoms. The summed E-state index contributed by atoms with van der Waals surface area (Å²) in [6.45, 7) is 11.8. The van der Waals surface area contributed by atoms with Crippen LogP contribution in [0.2, 0.25) is 0 Å². The number of benzene rings is 3. The van der Waals surface area contributed by atoms with Gasteiger partial charge in [-0.3, -0.25) is 4.79 Å². The van der Waals surface area contributed by atoms with E-state index in [1.165, 1.54) is 23.3 Å². The molecule has 0 aliphatic carbocycles. The number of aromatic nitrogens is 2. The predicted octanol–water partition coefficient (Wildman–Crippen LogP) is 6.45. The van der Waals surface area contributed by atoms with Gasteiger partial charge in [0.2, 0.25) is 5.91 Å². The molecule has 0 fully saturated rings. The van der Waals surface area contributed by atoms with Crippen LogP contribution < -0.4 is 10.1 Å². The molecule has 2 atom stereocenters. The van der Waals surface area contributed by atoms with Crippen molar-refractivity contribution in [3.8, 4) is 11.4 Å². The third-order valence-electron chi connectivity index (χ3n) is 6.23. The van der Waals surface area contributed by atoms with Crippen LogP contribution in [0.25, 0.3) is 16.6 Å². The van der Waals surface area contributed by atoms with E-state index >= 15 is 0 Å². The van der Waals surface area contributed by atoms with Crippen LogP contribution in [0, 0.1) is 25.1 Å². The van der Waals surface area contributed by atoms with Gasteiger partial charge in [0, 0.05) is 10.8 Å². The SMILES string of the molecule is Cc1ccc([C@@H](Oc2ccc3c(cnn3-c3ccc(F)cc3)c2)[C@H](C)NC(=O)C(C)(C)C)cc1C. The minimum atomic E-state index is -0.504. The third-order valence-corrected chi connectivity index (χ3v) is 6.23. The van der Waals surface area contributed by atoms with Gasteiger partial charge < -0.3 is 10.1 Å². The normalized spacial score (nSPS) is 13.5. The van der Waals surface area contributed by atoms with Gasteiger partial charge in [-0.2, -0.15) is 5.10 Å². The van der Waals surface area contributed by atoms with Gasteiger partial charge in [0.05, 0.1) is 23.4 Å². The van der Waals surface area contributed by atoms with Crippen LogP contribution in [-0.2, 0) is 4.79 Å². The Hall–Kier alpha value is -3.67. The Balaban J connectivity index is 1.66. The number of carbonyl (C=O) groups excluding carboxylic acids is 1. The standard InChI is InChI=1S/C29H32FN3O2/c1-18-7-8-21(15-19(18)2)27(20(3)32-28(34)29(4,5)6)35-25-13-14-26-22(16-25)17-31-33(26)24-11-9-23(30)10-12-24/h7-17,20,27H,1-6H3,(H,32,34)/t20-,27-/m0/s1. The molecule has 0 radical (unpaired) electrons. The van der Waals surface area contributed by atoms with Gasteiger partial charge in [-0.15, -0.1) is 0 Å². The molecule has 1 heterocycles. The molecule has 4 rings (SSSR count). The quantitative estimate of drug-likeness (QED) is 0.350. The number of fused-ring (bicyclic) bond motifs is 1. The number of rotatable bonds is 6. The summed E-state index contributed by atoms with van der Waals surface area (Å²) in [5.74, 6) is 0.362. The van der Waals surface area contributed by atoms with Crippen LogP contribution in [0.15, 0.2) is 66.9 Å². The van der Waals surface area contributed by atoms with Crippen molar-refractivity contribution in [3.05, 3.63) is 89.4 Å². The summed E-state index contributed by atoms with van der Waals surface area (Å²) in [7, 11) is 0. The highest BCUT2D eigenvalue weighted by Crippen LogP contribution is 2.30. The smallest absolute Gasteiger partial charge is 0.225 e. The molecule has 1 amide bonds. The second-order valence-electron chi connectivity index (χ2n) is 10.1. The molecule has 182 valence electrons. The molecule has 0 saturated heterocycles. The highest BCUT2D eigenvalue weighted by atomic mass is 19.1. The molecule has 1 aromatic heterocycles. The molecular formula is C29H32FN3O2. The lowest BCUT2D eigenvalue weighted by Gasteiger charge is -2.29. The zero-order valence-corrected chi connectivity index (χ0v) is 21.1. The maximum Gasteiger partial charge on any atom is 0.225 e. The first-order valence-corrected chi connectivity index (χ1v) is 11.8. The first-order chi connectivity index (χ1) is 16.5. The zero-order valence-electron chi connectivity index (χ0n) is 21.1. The third kappa shape index (κ3) is 5.37. The first-order valence-electron chi connectivity index (χ1n) is 11.8. The molecule has 6 heteroatoms. The van der Waals surface area contributed by atoms with E-state index in [4.69, 9.17) is 4.74 Å². The van der Waals surface area contributed by atoms with E-state index in [0.29, 0.717) is 5.75 Å². The molecular weight excluding hydrogens is 441 g/mol. The Morgan fingerprint density at radius 3 is 2.37 bits per heavy atom. The van der Waals surface area contributed by atoms with Gasteiger partial charge in [-0.1, -0.05) is 39.0 Å². The Labute approximate surface area is 205 Å². The average molecular weight is 474 g/mol. The number of aryl methyl sites for hydroxylation is 2. The van der Waals surface area contributed by atoms with Crippen molar-refractivity contribution >= 4 is 16.8 Å². The molecule has 0 aliphatic heterocycles. The van der Waals surface area contributed by atoms with Crippen molar-refractivity contribution in [3.63, 3.8) is 0 Å². The van der Waals surface area contributed by atoms with E-state index in [2.05, 4.69) is 42.5 Å². The van der Waals surface area contributed by atoms with E-state index in [-0.39, 0.29) is 23.9 Å². The van der Waals surface area contributed by atoms with Gasteiger partial charge in [-0.05, 0) is 79.9 Å². The predicted molar refractivity (Wildman–Crippen MR) is 137 cm³/mol. The van der Waals surface area contributed by atoms with E-state index in [1.54, 1.807) is 23.0 Å². The lowest BCUT2D eigenvalue weighted by atomic mass is 9.93. The zero-order chi connectivity index (χ0) is 25.3. The minimum Gasteiger partial charge on any atom is -0.484 e. The van der Waals surface area contributed by atoms with Crippen LogP contribution in [0.5, 0.6) is 5.75 Å². The lowest BCUT2D eigenvalue weighted by Crippen LogP contribution is -2.44. The molecule has 0 unspecified atom stereocenters. The molecule has 3 aromatic carbocycles. The van der Waals surface area contributed by atoms with Crippen LogP contribution in [0.4, 0.5) is 4.39 Å². The van der Waals surface area contributed by atoms with Crippen LogP contribution in [0.3, 0.4) is 0 Å². The summed E-state index contributed by atoms with van der Waals surface area (Å²) in [6, 6.07) is 18.0. The highest BCUT2D eigenvalue weighted by Gasteiger charge is 2.28. The number of hydrogen-bond donors (Lipinski definition) is 1. The Morgan fingerprint density at radius 2 is 1.71 bits per heavy atom. The van der Waals surface area contributed by atoms with Crippen molar-refractivity contribution in [1.29, 1.82) is 0 Å². The summed E-state index contributed by atoms with van der Waals surface area (Å²) in [5, 5.41) is 8.51.